The molecule has 0 unspecified atom stereocenters. The summed E-state index contributed by atoms with van der Waals surface area (Å²) in [5.41, 5.74) is 1.93. The molecule has 0 aliphatic rings. The lowest BCUT2D eigenvalue weighted by Gasteiger charge is -2.10. The standard InChI is InChI=1S/C26H22FNO4/c1-30-24-12-10-18(16-25(24)31-2)11-13-26(29)32-21-7-5-6-19(15-21)14-20(17-28)22-8-3-4-9-23(22)27/h3-10,12,14-16H,11,13H2,1-2H3/b20-14-. The Balaban J connectivity index is 1.67. The van der Waals surface area contributed by atoms with Crippen LogP contribution in [0.25, 0.3) is 11.6 Å². The van der Waals surface area contributed by atoms with E-state index in [-0.39, 0.29) is 17.6 Å². The van der Waals surface area contributed by atoms with Gasteiger partial charge in [0.1, 0.15) is 11.6 Å². The molecule has 0 atom stereocenters. The normalized spacial score (nSPS) is 10.9. The van der Waals surface area contributed by atoms with Crippen molar-refractivity contribution in [1.29, 1.82) is 5.26 Å². The zero-order valence-corrected chi connectivity index (χ0v) is 17.8. The van der Waals surface area contributed by atoms with Crippen molar-refractivity contribution in [2.45, 2.75) is 12.8 Å². The van der Waals surface area contributed by atoms with Crippen LogP contribution in [-0.2, 0) is 11.2 Å². The van der Waals surface area contributed by atoms with E-state index in [2.05, 4.69) is 0 Å². The van der Waals surface area contributed by atoms with Crippen molar-refractivity contribution in [2.75, 3.05) is 14.2 Å². The highest BCUT2D eigenvalue weighted by Crippen LogP contribution is 2.28. The van der Waals surface area contributed by atoms with Crippen LogP contribution in [0.4, 0.5) is 4.39 Å². The highest BCUT2D eigenvalue weighted by molar-refractivity contribution is 5.90. The largest absolute Gasteiger partial charge is 0.493 e. The van der Waals surface area contributed by atoms with Crippen molar-refractivity contribution in [3.8, 4) is 23.3 Å². The summed E-state index contributed by atoms with van der Waals surface area (Å²) < 4.78 is 30.0. The molecule has 0 saturated heterocycles. The van der Waals surface area contributed by atoms with Gasteiger partial charge in [-0.1, -0.05) is 36.4 Å². The molecular weight excluding hydrogens is 409 g/mol. The van der Waals surface area contributed by atoms with Crippen molar-refractivity contribution in [3.63, 3.8) is 0 Å². The van der Waals surface area contributed by atoms with Crippen LogP contribution < -0.4 is 14.2 Å². The Kier molecular flexibility index (Phi) is 7.60. The molecule has 0 spiro atoms. The molecule has 3 aromatic rings. The molecule has 0 heterocycles. The lowest BCUT2D eigenvalue weighted by molar-refractivity contribution is -0.134. The van der Waals surface area contributed by atoms with E-state index in [1.165, 1.54) is 6.07 Å². The van der Waals surface area contributed by atoms with Gasteiger partial charge in [0.2, 0.25) is 0 Å². The second-order valence-electron chi connectivity index (χ2n) is 6.89. The first kappa shape index (κ1) is 22.6. The summed E-state index contributed by atoms with van der Waals surface area (Å²) >= 11 is 0. The van der Waals surface area contributed by atoms with E-state index in [9.17, 15) is 14.4 Å². The maximum Gasteiger partial charge on any atom is 0.311 e. The fourth-order valence-electron chi connectivity index (χ4n) is 3.15. The van der Waals surface area contributed by atoms with Gasteiger partial charge in [0.15, 0.2) is 11.5 Å². The number of hydrogen-bond acceptors (Lipinski definition) is 5. The Morgan fingerprint density at radius 2 is 1.78 bits per heavy atom. The fraction of sp³-hybridized carbons (Fsp3) is 0.154. The van der Waals surface area contributed by atoms with Crippen LogP contribution in [0.1, 0.15) is 23.1 Å². The number of carbonyl (C=O) groups is 1. The average Bonchev–Trinajstić information content (AvgIpc) is 2.81. The Morgan fingerprint density at radius 1 is 1.00 bits per heavy atom. The number of nitriles is 1. The number of benzene rings is 3. The number of rotatable bonds is 8. The predicted molar refractivity (Wildman–Crippen MR) is 120 cm³/mol. The van der Waals surface area contributed by atoms with Crippen molar-refractivity contribution in [1.82, 2.24) is 0 Å². The third-order valence-corrected chi connectivity index (χ3v) is 4.75. The van der Waals surface area contributed by atoms with Crippen LogP contribution in [-0.4, -0.2) is 20.2 Å². The minimum Gasteiger partial charge on any atom is -0.493 e. The molecule has 6 heteroatoms. The van der Waals surface area contributed by atoms with Crippen LogP contribution in [0.15, 0.2) is 66.7 Å². The SMILES string of the molecule is COc1ccc(CCC(=O)Oc2cccc(/C=C(/C#N)c3ccccc3F)c2)cc1OC. The van der Waals surface area contributed by atoms with Crippen molar-refractivity contribution < 1.29 is 23.4 Å². The Hall–Kier alpha value is -4.11. The summed E-state index contributed by atoms with van der Waals surface area (Å²) in [5, 5.41) is 9.44. The van der Waals surface area contributed by atoms with Gasteiger partial charge in [-0.25, -0.2) is 4.39 Å². The quantitative estimate of drug-likeness (QED) is 0.205. The number of methoxy groups -OCH3 is 2. The van der Waals surface area contributed by atoms with E-state index in [1.54, 1.807) is 68.8 Å². The number of aryl methyl sites for hydroxylation is 1. The van der Waals surface area contributed by atoms with Gasteiger partial charge in [0, 0.05) is 12.0 Å². The van der Waals surface area contributed by atoms with E-state index < -0.39 is 11.8 Å². The third kappa shape index (κ3) is 5.73. The van der Waals surface area contributed by atoms with Crippen LogP contribution >= 0.6 is 0 Å². The first-order valence-electron chi connectivity index (χ1n) is 9.92. The summed E-state index contributed by atoms with van der Waals surface area (Å²) in [6.07, 6.45) is 2.21. The summed E-state index contributed by atoms with van der Waals surface area (Å²) in [7, 11) is 3.12. The number of esters is 1. The summed E-state index contributed by atoms with van der Waals surface area (Å²) in [6, 6.07) is 20.3. The van der Waals surface area contributed by atoms with Crippen LogP contribution in [0.5, 0.6) is 17.2 Å². The van der Waals surface area contributed by atoms with Gasteiger partial charge in [0.25, 0.3) is 0 Å². The highest BCUT2D eigenvalue weighted by atomic mass is 19.1. The molecule has 3 rings (SSSR count). The lowest BCUT2D eigenvalue weighted by atomic mass is 10.0. The second-order valence-corrected chi connectivity index (χ2v) is 6.89. The molecule has 0 radical (unpaired) electrons. The number of nitrogens with zero attached hydrogens (tertiary/aromatic N) is 1. The summed E-state index contributed by atoms with van der Waals surface area (Å²) in [6.45, 7) is 0. The fourth-order valence-corrected chi connectivity index (χ4v) is 3.15. The number of halogens is 1. The third-order valence-electron chi connectivity index (χ3n) is 4.75. The van der Waals surface area contributed by atoms with Gasteiger partial charge in [-0.2, -0.15) is 5.26 Å². The van der Waals surface area contributed by atoms with E-state index in [0.717, 1.165) is 5.56 Å². The number of allylic oxidation sites excluding steroid dienone is 1. The zero-order valence-electron chi connectivity index (χ0n) is 17.8. The first-order valence-corrected chi connectivity index (χ1v) is 9.92. The van der Waals surface area contributed by atoms with Gasteiger partial charge < -0.3 is 14.2 Å². The van der Waals surface area contributed by atoms with Gasteiger partial charge in [0.05, 0.1) is 25.9 Å². The Labute approximate surface area is 186 Å². The minimum absolute atomic E-state index is 0.175. The van der Waals surface area contributed by atoms with Gasteiger partial charge >= 0.3 is 5.97 Å². The van der Waals surface area contributed by atoms with Crippen molar-refractivity contribution in [3.05, 3.63) is 89.2 Å². The number of hydrogen-bond donors (Lipinski definition) is 0. The van der Waals surface area contributed by atoms with E-state index in [4.69, 9.17) is 14.2 Å². The Morgan fingerprint density at radius 3 is 2.50 bits per heavy atom. The molecule has 0 N–H and O–H groups in total. The van der Waals surface area contributed by atoms with Crippen LogP contribution in [0.2, 0.25) is 0 Å². The van der Waals surface area contributed by atoms with Crippen LogP contribution in [0.3, 0.4) is 0 Å². The topological polar surface area (TPSA) is 68.5 Å². The summed E-state index contributed by atoms with van der Waals surface area (Å²) in [5.74, 6) is 0.701. The monoisotopic (exact) mass is 431 g/mol. The van der Waals surface area contributed by atoms with Gasteiger partial charge in [-0.3, -0.25) is 4.79 Å². The summed E-state index contributed by atoms with van der Waals surface area (Å²) in [4.78, 5) is 12.3. The molecule has 0 aliphatic carbocycles. The van der Waals surface area contributed by atoms with E-state index >= 15 is 0 Å². The maximum absolute atomic E-state index is 14.0. The first-order chi connectivity index (χ1) is 15.5. The molecule has 0 bridgehead atoms. The van der Waals surface area contributed by atoms with Gasteiger partial charge in [-0.05, 0) is 54.0 Å². The molecule has 0 aliphatic heterocycles. The zero-order chi connectivity index (χ0) is 22.9. The maximum atomic E-state index is 14.0. The molecule has 162 valence electrons. The Bertz CT molecular complexity index is 1180. The molecule has 5 nitrogen and oxygen atoms in total. The predicted octanol–water partition coefficient (Wildman–Crippen LogP) is 5.45. The van der Waals surface area contributed by atoms with Crippen molar-refractivity contribution >= 4 is 17.6 Å². The smallest absolute Gasteiger partial charge is 0.311 e. The molecule has 0 fully saturated rings. The average molecular weight is 431 g/mol. The van der Waals surface area contributed by atoms with E-state index in [0.29, 0.717) is 29.2 Å². The highest BCUT2D eigenvalue weighted by Gasteiger charge is 2.10. The number of carbonyl (C=O) groups excluding carboxylic acids is 1. The molecule has 32 heavy (non-hydrogen) atoms. The molecular formula is C26H22FNO4. The molecule has 0 saturated carbocycles. The minimum atomic E-state index is -0.474. The van der Waals surface area contributed by atoms with E-state index in [1.807, 2.05) is 18.2 Å². The number of ether oxygens (including phenoxy) is 3. The lowest BCUT2D eigenvalue weighted by Crippen LogP contribution is -2.09. The molecule has 0 amide bonds. The molecule has 0 aromatic heterocycles. The van der Waals surface area contributed by atoms with Crippen LogP contribution in [0, 0.1) is 17.1 Å². The second kappa shape index (κ2) is 10.8. The van der Waals surface area contributed by atoms with Crippen molar-refractivity contribution in [2.24, 2.45) is 0 Å². The molecule has 3 aromatic carbocycles. The van der Waals surface area contributed by atoms with Gasteiger partial charge in [-0.15, -0.1) is 0 Å².